The molecule has 2 N–H and O–H groups in total. The number of rotatable bonds is 4. The minimum Gasteiger partial charge on any atom is -0.465 e. The topological polar surface area (TPSA) is 67.4 Å². The molecular formula is C24H19FN2O3. The van der Waals surface area contributed by atoms with E-state index >= 15 is 0 Å². The molecule has 1 atom stereocenters. The predicted octanol–water partition coefficient (Wildman–Crippen LogP) is 4.53. The van der Waals surface area contributed by atoms with Gasteiger partial charge in [0.15, 0.2) is 0 Å². The number of methoxy groups -OCH3 is 1. The fourth-order valence-corrected chi connectivity index (χ4v) is 3.56. The molecule has 0 fully saturated rings. The van der Waals surface area contributed by atoms with Crippen molar-refractivity contribution in [1.82, 2.24) is 10.6 Å². The highest BCUT2D eigenvalue weighted by atomic mass is 19.1. The Balaban J connectivity index is 1.90. The standard InChI is InChI=1S/C24H19FN2O3/c1-30-23(28)18-13-12-17(14-19(18)25)22-20(15-8-4-2-5-9-15)21(26-24(29)27-22)16-10-6-3-7-11-16/h2-14,22H,1H3,(H2,26,27,29). The summed E-state index contributed by atoms with van der Waals surface area (Å²) in [5.74, 6) is -1.46. The van der Waals surface area contributed by atoms with Crippen molar-refractivity contribution in [3.63, 3.8) is 0 Å². The van der Waals surface area contributed by atoms with Crippen molar-refractivity contribution in [2.45, 2.75) is 6.04 Å². The number of halogens is 1. The van der Waals surface area contributed by atoms with E-state index in [0.29, 0.717) is 11.3 Å². The monoisotopic (exact) mass is 402 g/mol. The number of carbonyl (C=O) groups excluding carboxylic acids is 2. The van der Waals surface area contributed by atoms with E-state index in [-0.39, 0.29) is 5.56 Å². The normalized spacial score (nSPS) is 15.9. The van der Waals surface area contributed by atoms with Crippen LogP contribution in [0.5, 0.6) is 0 Å². The van der Waals surface area contributed by atoms with Crippen LogP contribution in [0.4, 0.5) is 9.18 Å². The van der Waals surface area contributed by atoms with Crippen molar-refractivity contribution in [3.05, 3.63) is 107 Å². The van der Waals surface area contributed by atoms with Gasteiger partial charge in [-0.05, 0) is 28.8 Å². The van der Waals surface area contributed by atoms with Gasteiger partial charge < -0.3 is 15.4 Å². The van der Waals surface area contributed by atoms with Crippen LogP contribution in [-0.4, -0.2) is 19.1 Å². The van der Waals surface area contributed by atoms with Crippen molar-refractivity contribution in [1.29, 1.82) is 0 Å². The quantitative estimate of drug-likeness (QED) is 0.630. The third kappa shape index (κ3) is 3.67. The highest BCUT2D eigenvalue weighted by molar-refractivity contribution is 6.03. The van der Waals surface area contributed by atoms with Crippen molar-refractivity contribution in [2.24, 2.45) is 0 Å². The third-order valence-electron chi connectivity index (χ3n) is 4.95. The van der Waals surface area contributed by atoms with E-state index in [1.165, 1.54) is 19.2 Å². The number of hydrogen-bond acceptors (Lipinski definition) is 3. The molecule has 1 aliphatic heterocycles. The SMILES string of the molecule is COC(=O)c1ccc(C2NC(=O)NC(c3ccccc3)=C2c2ccccc2)cc1F. The lowest BCUT2D eigenvalue weighted by molar-refractivity contribution is 0.0595. The van der Waals surface area contributed by atoms with Crippen LogP contribution in [0.1, 0.15) is 33.1 Å². The second kappa shape index (κ2) is 8.21. The molecule has 0 aromatic heterocycles. The van der Waals surface area contributed by atoms with Gasteiger partial charge in [0, 0.05) is 5.57 Å². The van der Waals surface area contributed by atoms with E-state index in [0.717, 1.165) is 16.7 Å². The lowest BCUT2D eigenvalue weighted by Gasteiger charge is -2.31. The lowest BCUT2D eigenvalue weighted by atomic mass is 9.87. The summed E-state index contributed by atoms with van der Waals surface area (Å²) in [6.07, 6.45) is 0. The van der Waals surface area contributed by atoms with Crippen molar-refractivity contribution in [3.8, 4) is 0 Å². The molecule has 2 amide bonds. The van der Waals surface area contributed by atoms with Gasteiger partial charge in [0.1, 0.15) is 5.82 Å². The first kappa shape index (κ1) is 19.4. The number of carbonyl (C=O) groups is 2. The summed E-state index contributed by atoms with van der Waals surface area (Å²) >= 11 is 0. The fraction of sp³-hybridized carbons (Fsp3) is 0.0833. The minimum atomic E-state index is -0.753. The van der Waals surface area contributed by atoms with Crippen molar-refractivity contribution < 1.29 is 18.7 Å². The molecule has 4 rings (SSSR count). The molecule has 30 heavy (non-hydrogen) atoms. The van der Waals surface area contributed by atoms with E-state index in [4.69, 9.17) is 0 Å². The number of amides is 2. The molecule has 0 saturated heterocycles. The second-order valence-corrected chi connectivity index (χ2v) is 6.78. The zero-order valence-electron chi connectivity index (χ0n) is 16.2. The smallest absolute Gasteiger partial charge is 0.340 e. The Kier molecular flexibility index (Phi) is 5.30. The first-order chi connectivity index (χ1) is 14.6. The van der Waals surface area contributed by atoms with Gasteiger partial charge in [-0.1, -0.05) is 66.7 Å². The van der Waals surface area contributed by atoms with Gasteiger partial charge in [-0.3, -0.25) is 0 Å². The summed E-state index contributed by atoms with van der Waals surface area (Å²) in [5, 5.41) is 5.78. The Bertz CT molecular complexity index is 1130. The van der Waals surface area contributed by atoms with Crippen LogP contribution >= 0.6 is 0 Å². The van der Waals surface area contributed by atoms with Gasteiger partial charge in [-0.25, -0.2) is 14.0 Å². The predicted molar refractivity (Wildman–Crippen MR) is 112 cm³/mol. The van der Waals surface area contributed by atoms with Crippen LogP contribution in [-0.2, 0) is 4.74 Å². The molecule has 5 nitrogen and oxygen atoms in total. The highest BCUT2D eigenvalue weighted by Crippen LogP contribution is 2.38. The van der Waals surface area contributed by atoms with Crippen LogP contribution < -0.4 is 10.6 Å². The van der Waals surface area contributed by atoms with Gasteiger partial charge in [0.05, 0.1) is 24.4 Å². The molecular weight excluding hydrogens is 383 g/mol. The molecule has 0 spiro atoms. The molecule has 0 aliphatic carbocycles. The van der Waals surface area contributed by atoms with Gasteiger partial charge in [-0.2, -0.15) is 0 Å². The first-order valence-electron chi connectivity index (χ1n) is 9.39. The van der Waals surface area contributed by atoms with E-state index in [1.807, 2.05) is 60.7 Å². The van der Waals surface area contributed by atoms with E-state index in [2.05, 4.69) is 15.4 Å². The Hall–Kier alpha value is -3.93. The summed E-state index contributed by atoms with van der Waals surface area (Å²) < 4.78 is 19.3. The number of benzene rings is 3. The summed E-state index contributed by atoms with van der Waals surface area (Å²) in [5.41, 5.74) is 3.52. The van der Waals surface area contributed by atoms with Crippen LogP contribution in [0.15, 0.2) is 78.9 Å². The third-order valence-corrected chi connectivity index (χ3v) is 4.95. The van der Waals surface area contributed by atoms with Crippen LogP contribution in [0.25, 0.3) is 11.3 Å². The van der Waals surface area contributed by atoms with Gasteiger partial charge in [0.25, 0.3) is 0 Å². The van der Waals surface area contributed by atoms with Crippen molar-refractivity contribution >= 4 is 23.3 Å². The largest absolute Gasteiger partial charge is 0.465 e. The number of nitrogens with one attached hydrogen (secondary N) is 2. The minimum absolute atomic E-state index is 0.157. The van der Waals surface area contributed by atoms with Gasteiger partial charge in [-0.15, -0.1) is 0 Å². The van der Waals surface area contributed by atoms with E-state index in [1.54, 1.807) is 6.07 Å². The maximum absolute atomic E-state index is 14.6. The van der Waals surface area contributed by atoms with Crippen LogP contribution in [0.2, 0.25) is 0 Å². The molecule has 150 valence electrons. The maximum Gasteiger partial charge on any atom is 0.340 e. The number of esters is 1. The number of hydrogen-bond donors (Lipinski definition) is 2. The first-order valence-corrected chi connectivity index (χ1v) is 9.39. The van der Waals surface area contributed by atoms with E-state index in [9.17, 15) is 14.0 Å². The fourth-order valence-electron chi connectivity index (χ4n) is 3.56. The van der Waals surface area contributed by atoms with Crippen LogP contribution in [0, 0.1) is 5.82 Å². The Labute approximate surface area is 173 Å². The van der Waals surface area contributed by atoms with E-state index < -0.39 is 23.9 Å². The molecule has 1 unspecified atom stereocenters. The van der Waals surface area contributed by atoms with Gasteiger partial charge >= 0.3 is 12.0 Å². The molecule has 0 radical (unpaired) electrons. The molecule has 1 heterocycles. The zero-order valence-corrected chi connectivity index (χ0v) is 16.2. The second-order valence-electron chi connectivity index (χ2n) is 6.78. The summed E-state index contributed by atoms with van der Waals surface area (Å²) in [6, 6.07) is 22.3. The Morgan fingerprint density at radius 1 is 0.933 bits per heavy atom. The maximum atomic E-state index is 14.6. The van der Waals surface area contributed by atoms with Crippen LogP contribution in [0.3, 0.4) is 0 Å². The molecule has 3 aromatic rings. The molecule has 1 aliphatic rings. The van der Waals surface area contributed by atoms with Gasteiger partial charge in [0.2, 0.25) is 0 Å². The molecule has 0 bridgehead atoms. The lowest BCUT2D eigenvalue weighted by Crippen LogP contribution is -2.43. The average molecular weight is 402 g/mol. The average Bonchev–Trinajstić information content (AvgIpc) is 2.79. The Morgan fingerprint density at radius 3 is 2.17 bits per heavy atom. The molecule has 0 saturated carbocycles. The summed E-state index contributed by atoms with van der Waals surface area (Å²) in [7, 11) is 1.20. The zero-order chi connectivity index (χ0) is 21.1. The molecule has 3 aromatic carbocycles. The summed E-state index contributed by atoms with van der Waals surface area (Å²) in [4.78, 5) is 24.2. The molecule has 6 heteroatoms. The number of urea groups is 1. The Morgan fingerprint density at radius 2 is 1.57 bits per heavy atom. The number of ether oxygens (including phenoxy) is 1. The summed E-state index contributed by atoms with van der Waals surface area (Å²) in [6.45, 7) is 0. The highest BCUT2D eigenvalue weighted by Gasteiger charge is 2.30. The van der Waals surface area contributed by atoms with Crippen molar-refractivity contribution in [2.75, 3.05) is 7.11 Å².